The first-order valence-electron chi connectivity index (χ1n) is 6.55. The second-order valence-electron chi connectivity index (χ2n) is 4.58. The molecular weight excluding hydrogens is 264 g/mol. The van der Waals surface area contributed by atoms with Crippen molar-refractivity contribution in [1.29, 1.82) is 0 Å². The molecule has 3 heteroatoms. The quantitative estimate of drug-likeness (QED) is 0.685. The molecule has 3 aromatic rings. The molecular formula is C17H16N2S. The SMILES string of the molecule is Nc1ccccc1CNc1ccccc1-c1cccs1. The number of anilines is 2. The van der Waals surface area contributed by atoms with Crippen LogP contribution < -0.4 is 11.1 Å². The van der Waals surface area contributed by atoms with Gasteiger partial charge in [0.1, 0.15) is 0 Å². The third-order valence-corrected chi connectivity index (χ3v) is 4.14. The molecule has 0 radical (unpaired) electrons. The van der Waals surface area contributed by atoms with Gasteiger partial charge in [-0.25, -0.2) is 0 Å². The summed E-state index contributed by atoms with van der Waals surface area (Å²) in [7, 11) is 0. The topological polar surface area (TPSA) is 38.0 Å². The fraction of sp³-hybridized carbons (Fsp3) is 0.0588. The lowest BCUT2D eigenvalue weighted by atomic mass is 10.1. The van der Waals surface area contributed by atoms with E-state index < -0.39 is 0 Å². The molecule has 20 heavy (non-hydrogen) atoms. The fourth-order valence-corrected chi connectivity index (χ4v) is 2.94. The van der Waals surface area contributed by atoms with E-state index in [-0.39, 0.29) is 0 Å². The molecule has 0 aliphatic heterocycles. The molecule has 0 aliphatic rings. The molecule has 0 spiro atoms. The van der Waals surface area contributed by atoms with Crippen molar-refractivity contribution in [2.45, 2.75) is 6.54 Å². The van der Waals surface area contributed by atoms with Crippen molar-refractivity contribution in [2.24, 2.45) is 0 Å². The second kappa shape index (κ2) is 5.80. The van der Waals surface area contributed by atoms with Gasteiger partial charge in [0.25, 0.3) is 0 Å². The number of nitrogens with one attached hydrogen (secondary N) is 1. The summed E-state index contributed by atoms with van der Waals surface area (Å²) in [5.74, 6) is 0. The van der Waals surface area contributed by atoms with Crippen LogP contribution in [0.15, 0.2) is 66.0 Å². The van der Waals surface area contributed by atoms with Crippen LogP contribution in [-0.4, -0.2) is 0 Å². The van der Waals surface area contributed by atoms with Gasteiger partial charge < -0.3 is 11.1 Å². The summed E-state index contributed by atoms with van der Waals surface area (Å²) >= 11 is 1.75. The summed E-state index contributed by atoms with van der Waals surface area (Å²) < 4.78 is 0. The molecule has 3 rings (SSSR count). The number of hydrogen-bond acceptors (Lipinski definition) is 3. The lowest BCUT2D eigenvalue weighted by Crippen LogP contribution is -2.03. The van der Waals surface area contributed by atoms with E-state index in [0.29, 0.717) is 0 Å². The highest BCUT2D eigenvalue weighted by Gasteiger charge is 2.05. The largest absolute Gasteiger partial charge is 0.398 e. The maximum Gasteiger partial charge on any atom is 0.0430 e. The zero-order valence-electron chi connectivity index (χ0n) is 11.0. The molecule has 0 saturated carbocycles. The highest BCUT2D eigenvalue weighted by atomic mass is 32.1. The first-order chi connectivity index (χ1) is 9.84. The molecule has 0 saturated heterocycles. The van der Waals surface area contributed by atoms with Crippen molar-refractivity contribution in [3.05, 3.63) is 71.6 Å². The van der Waals surface area contributed by atoms with Gasteiger partial charge in [-0.15, -0.1) is 11.3 Å². The van der Waals surface area contributed by atoms with E-state index in [0.717, 1.165) is 23.5 Å². The van der Waals surface area contributed by atoms with Crippen LogP contribution in [0, 0.1) is 0 Å². The molecule has 0 aliphatic carbocycles. The second-order valence-corrected chi connectivity index (χ2v) is 5.52. The van der Waals surface area contributed by atoms with E-state index in [1.54, 1.807) is 11.3 Å². The minimum absolute atomic E-state index is 0.731. The van der Waals surface area contributed by atoms with Gasteiger partial charge in [-0.1, -0.05) is 42.5 Å². The smallest absolute Gasteiger partial charge is 0.0430 e. The van der Waals surface area contributed by atoms with Gasteiger partial charge in [0, 0.05) is 28.4 Å². The van der Waals surface area contributed by atoms with Crippen LogP contribution in [0.2, 0.25) is 0 Å². The van der Waals surface area contributed by atoms with Crippen molar-refractivity contribution < 1.29 is 0 Å². The Kier molecular flexibility index (Phi) is 3.70. The highest BCUT2D eigenvalue weighted by Crippen LogP contribution is 2.31. The van der Waals surface area contributed by atoms with E-state index in [2.05, 4.69) is 47.1 Å². The van der Waals surface area contributed by atoms with E-state index >= 15 is 0 Å². The Balaban J connectivity index is 1.84. The van der Waals surface area contributed by atoms with Gasteiger partial charge in [0.05, 0.1) is 0 Å². The minimum Gasteiger partial charge on any atom is -0.398 e. The van der Waals surface area contributed by atoms with Crippen LogP contribution >= 0.6 is 11.3 Å². The molecule has 3 N–H and O–H groups in total. The summed E-state index contributed by atoms with van der Waals surface area (Å²) in [6.07, 6.45) is 0. The molecule has 0 amide bonds. The number of nitrogen functional groups attached to an aromatic ring is 1. The van der Waals surface area contributed by atoms with E-state index in [1.165, 1.54) is 10.4 Å². The van der Waals surface area contributed by atoms with E-state index in [4.69, 9.17) is 5.73 Å². The van der Waals surface area contributed by atoms with Crippen molar-refractivity contribution in [3.8, 4) is 10.4 Å². The Morgan fingerprint density at radius 1 is 0.900 bits per heavy atom. The van der Waals surface area contributed by atoms with E-state index in [9.17, 15) is 0 Å². The number of benzene rings is 2. The molecule has 2 aromatic carbocycles. The summed E-state index contributed by atoms with van der Waals surface area (Å²) in [4.78, 5) is 1.27. The summed E-state index contributed by atoms with van der Waals surface area (Å²) in [5, 5.41) is 5.58. The molecule has 0 unspecified atom stereocenters. The lowest BCUT2D eigenvalue weighted by Gasteiger charge is -2.12. The van der Waals surface area contributed by atoms with E-state index in [1.807, 2.05) is 24.3 Å². The summed E-state index contributed by atoms with van der Waals surface area (Å²) in [6.45, 7) is 0.731. The van der Waals surface area contributed by atoms with Gasteiger partial charge in [-0.05, 0) is 29.1 Å². The average Bonchev–Trinajstić information content (AvgIpc) is 3.01. The monoisotopic (exact) mass is 280 g/mol. The Bertz CT molecular complexity index is 690. The first kappa shape index (κ1) is 12.8. The Labute approximate surface area is 122 Å². The Hall–Kier alpha value is -2.26. The van der Waals surface area contributed by atoms with Crippen LogP contribution in [0.25, 0.3) is 10.4 Å². The van der Waals surface area contributed by atoms with Gasteiger partial charge >= 0.3 is 0 Å². The average molecular weight is 280 g/mol. The highest BCUT2D eigenvalue weighted by molar-refractivity contribution is 7.13. The zero-order valence-corrected chi connectivity index (χ0v) is 11.9. The maximum atomic E-state index is 5.98. The molecule has 0 bridgehead atoms. The number of para-hydroxylation sites is 2. The number of nitrogens with two attached hydrogens (primary N) is 1. The number of rotatable bonds is 4. The van der Waals surface area contributed by atoms with Crippen LogP contribution in [0.1, 0.15) is 5.56 Å². The van der Waals surface area contributed by atoms with Crippen LogP contribution in [0.3, 0.4) is 0 Å². The predicted octanol–water partition coefficient (Wildman–Crippen LogP) is 4.61. The number of hydrogen-bond donors (Lipinski definition) is 2. The maximum absolute atomic E-state index is 5.98. The first-order valence-corrected chi connectivity index (χ1v) is 7.43. The molecule has 1 aromatic heterocycles. The van der Waals surface area contributed by atoms with Crippen LogP contribution in [0.5, 0.6) is 0 Å². The molecule has 0 atom stereocenters. The molecule has 100 valence electrons. The van der Waals surface area contributed by atoms with Crippen LogP contribution in [0.4, 0.5) is 11.4 Å². The van der Waals surface area contributed by atoms with Gasteiger partial charge in [0.15, 0.2) is 0 Å². The van der Waals surface area contributed by atoms with Crippen molar-refractivity contribution >= 4 is 22.7 Å². The summed E-state index contributed by atoms with van der Waals surface area (Å²) in [5.41, 5.74) is 10.3. The minimum atomic E-state index is 0.731. The molecule has 0 fully saturated rings. The third-order valence-electron chi connectivity index (χ3n) is 3.24. The standard InChI is InChI=1S/C17H16N2S/c18-15-8-3-1-6-13(15)12-19-16-9-4-2-7-14(16)17-10-5-11-20-17/h1-11,19H,12,18H2. The van der Waals surface area contributed by atoms with Crippen molar-refractivity contribution in [1.82, 2.24) is 0 Å². The normalized spacial score (nSPS) is 10.4. The zero-order chi connectivity index (χ0) is 13.8. The summed E-state index contributed by atoms with van der Waals surface area (Å²) in [6, 6.07) is 20.5. The number of thiophene rings is 1. The Morgan fingerprint density at radius 2 is 1.70 bits per heavy atom. The molecule has 1 heterocycles. The predicted molar refractivity (Wildman–Crippen MR) is 87.9 cm³/mol. The molecule has 2 nitrogen and oxygen atoms in total. The van der Waals surface area contributed by atoms with Gasteiger partial charge in [-0.3, -0.25) is 0 Å². The van der Waals surface area contributed by atoms with Gasteiger partial charge in [-0.2, -0.15) is 0 Å². The van der Waals surface area contributed by atoms with Crippen molar-refractivity contribution in [2.75, 3.05) is 11.1 Å². The Morgan fingerprint density at radius 3 is 2.50 bits per heavy atom. The van der Waals surface area contributed by atoms with Crippen molar-refractivity contribution in [3.63, 3.8) is 0 Å². The van der Waals surface area contributed by atoms with Crippen LogP contribution in [-0.2, 0) is 6.54 Å². The fourth-order valence-electron chi connectivity index (χ4n) is 2.17. The lowest BCUT2D eigenvalue weighted by molar-refractivity contribution is 1.15. The van der Waals surface area contributed by atoms with Gasteiger partial charge in [0.2, 0.25) is 0 Å². The third kappa shape index (κ3) is 2.68.